The Hall–Kier alpha value is -1.86. The van der Waals surface area contributed by atoms with Crippen LogP contribution in [0.2, 0.25) is 0 Å². The first-order valence-electron chi connectivity index (χ1n) is 4.54. The van der Waals surface area contributed by atoms with Gasteiger partial charge in [0.2, 0.25) is 0 Å². The van der Waals surface area contributed by atoms with Crippen LogP contribution in [0.25, 0.3) is 0 Å². The molecule has 4 nitrogen and oxygen atoms in total. The Kier molecular flexibility index (Phi) is 3.42. The Bertz CT molecular complexity index is 432. The van der Waals surface area contributed by atoms with Crippen molar-refractivity contribution < 1.29 is 15.0 Å². The van der Waals surface area contributed by atoms with Crippen LogP contribution in [0, 0.1) is 11.3 Å². The second kappa shape index (κ2) is 4.58. The minimum Gasteiger partial charge on any atom is -0.478 e. The number of nitrogens with zero attached hydrogens (tertiary/aromatic N) is 1. The summed E-state index contributed by atoms with van der Waals surface area (Å²) in [6.07, 6.45) is 0.657. The van der Waals surface area contributed by atoms with Crippen molar-refractivity contribution in [2.75, 3.05) is 0 Å². The van der Waals surface area contributed by atoms with Crippen LogP contribution in [0.15, 0.2) is 12.1 Å². The molecule has 0 bridgehead atoms. The second-order valence-electron chi connectivity index (χ2n) is 3.10. The average Bonchev–Trinajstić information content (AvgIpc) is 2.26. The lowest BCUT2D eigenvalue weighted by Gasteiger charge is -2.07. The van der Waals surface area contributed by atoms with Crippen LogP contribution in [0.1, 0.15) is 34.0 Å². The molecule has 0 heterocycles. The zero-order chi connectivity index (χ0) is 11.4. The standard InChI is InChI=1S/C11H11NO3/c1-2-7-3-8(5-12)10(11(14)15)4-9(7)6-13/h3-4,13H,2,6H2,1H3,(H,14,15). The highest BCUT2D eigenvalue weighted by Gasteiger charge is 2.13. The van der Waals surface area contributed by atoms with Gasteiger partial charge < -0.3 is 10.2 Å². The van der Waals surface area contributed by atoms with E-state index >= 15 is 0 Å². The van der Waals surface area contributed by atoms with Gasteiger partial charge >= 0.3 is 5.97 Å². The number of nitriles is 1. The topological polar surface area (TPSA) is 81.3 Å². The van der Waals surface area contributed by atoms with Crippen LogP contribution in [-0.4, -0.2) is 16.2 Å². The van der Waals surface area contributed by atoms with E-state index < -0.39 is 5.97 Å². The number of carboxylic acid groups (broad SMARTS) is 1. The smallest absolute Gasteiger partial charge is 0.337 e. The number of carbonyl (C=O) groups is 1. The Labute approximate surface area is 87.4 Å². The Morgan fingerprint density at radius 2 is 2.13 bits per heavy atom. The summed E-state index contributed by atoms with van der Waals surface area (Å²) in [5.74, 6) is -1.15. The van der Waals surface area contributed by atoms with Gasteiger partial charge in [-0.15, -0.1) is 0 Å². The fraction of sp³-hybridized carbons (Fsp3) is 0.273. The highest BCUT2D eigenvalue weighted by Crippen LogP contribution is 2.17. The second-order valence-corrected chi connectivity index (χ2v) is 3.10. The van der Waals surface area contributed by atoms with E-state index in [9.17, 15) is 4.79 Å². The molecule has 0 amide bonds. The highest BCUT2D eigenvalue weighted by atomic mass is 16.4. The summed E-state index contributed by atoms with van der Waals surface area (Å²) in [4.78, 5) is 10.8. The fourth-order valence-corrected chi connectivity index (χ4v) is 1.44. The van der Waals surface area contributed by atoms with Crippen LogP contribution >= 0.6 is 0 Å². The van der Waals surface area contributed by atoms with Gasteiger partial charge in [-0.2, -0.15) is 5.26 Å². The number of aromatic carboxylic acids is 1. The van der Waals surface area contributed by atoms with Crippen molar-refractivity contribution >= 4 is 5.97 Å². The van der Waals surface area contributed by atoms with Crippen LogP contribution < -0.4 is 0 Å². The molecule has 2 N–H and O–H groups in total. The van der Waals surface area contributed by atoms with Gasteiger partial charge in [-0.1, -0.05) is 6.92 Å². The molecule has 0 aromatic heterocycles. The van der Waals surface area contributed by atoms with Gasteiger partial charge in [0, 0.05) is 0 Å². The Morgan fingerprint density at radius 3 is 2.53 bits per heavy atom. The lowest BCUT2D eigenvalue weighted by Crippen LogP contribution is -2.04. The zero-order valence-electron chi connectivity index (χ0n) is 8.32. The molecule has 0 fully saturated rings. The lowest BCUT2D eigenvalue weighted by molar-refractivity contribution is 0.0696. The fourth-order valence-electron chi connectivity index (χ4n) is 1.44. The number of benzene rings is 1. The van der Waals surface area contributed by atoms with E-state index in [4.69, 9.17) is 15.5 Å². The third kappa shape index (κ3) is 2.14. The molecule has 1 aromatic carbocycles. The Balaban J connectivity index is 3.42. The maximum Gasteiger partial charge on any atom is 0.337 e. The van der Waals surface area contributed by atoms with E-state index in [1.165, 1.54) is 12.1 Å². The molecule has 0 spiro atoms. The van der Waals surface area contributed by atoms with Crippen LogP contribution in [-0.2, 0) is 13.0 Å². The number of aryl methyl sites for hydroxylation is 1. The van der Waals surface area contributed by atoms with E-state index in [1.54, 1.807) is 0 Å². The molecule has 0 aliphatic heterocycles. The van der Waals surface area contributed by atoms with Crippen molar-refractivity contribution in [3.63, 3.8) is 0 Å². The summed E-state index contributed by atoms with van der Waals surface area (Å²) in [5, 5.41) is 26.7. The molecular weight excluding hydrogens is 194 g/mol. The third-order valence-electron chi connectivity index (χ3n) is 2.24. The first kappa shape index (κ1) is 11.2. The van der Waals surface area contributed by atoms with Gasteiger partial charge in [-0.05, 0) is 29.7 Å². The largest absolute Gasteiger partial charge is 0.478 e. The summed E-state index contributed by atoms with van der Waals surface area (Å²) in [5.41, 5.74) is 1.45. The summed E-state index contributed by atoms with van der Waals surface area (Å²) in [7, 11) is 0. The molecular formula is C11H11NO3. The molecule has 0 saturated heterocycles. The molecule has 1 aromatic rings. The van der Waals surface area contributed by atoms with Crippen molar-refractivity contribution in [1.82, 2.24) is 0 Å². The number of rotatable bonds is 3. The number of hydrogen-bond donors (Lipinski definition) is 2. The van der Waals surface area contributed by atoms with E-state index in [0.29, 0.717) is 12.0 Å². The summed E-state index contributed by atoms with van der Waals surface area (Å²) < 4.78 is 0. The van der Waals surface area contributed by atoms with Gasteiger partial charge in [0.05, 0.1) is 17.7 Å². The SMILES string of the molecule is CCc1cc(C#N)c(C(=O)O)cc1CO. The predicted octanol–water partition coefficient (Wildman–Crippen LogP) is 1.31. The molecule has 78 valence electrons. The maximum absolute atomic E-state index is 10.8. The Morgan fingerprint density at radius 1 is 1.47 bits per heavy atom. The molecule has 0 saturated carbocycles. The number of aliphatic hydroxyl groups is 1. The van der Waals surface area contributed by atoms with Gasteiger partial charge in [0.25, 0.3) is 0 Å². The van der Waals surface area contributed by atoms with Gasteiger partial charge in [0.15, 0.2) is 0 Å². The predicted molar refractivity (Wildman–Crippen MR) is 53.4 cm³/mol. The molecule has 1 rings (SSSR count). The quantitative estimate of drug-likeness (QED) is 0.779. The average molecular weight is 205 g/mol. The molecule has 0 aliphatic rings. The minimum atomic E-state index is -1.15. The molecule has 0 radical (unpaired) electrons. The van der Waals surface area contributed by atoms with E-state index in [1.807, 2.05) is 13.0 Å². The third-order valence-corrected chi connectivity index (χ3v) is 2.24. The molecule has 0 unspecified atom stereocenters. The van der Waals surface area contributed by atoms with E-state index in [0.717, 1.165) is 5.56 Å². The normalized spacial score (nSPS) is 9.67. The van der Waals surface area contributed by atoms with Gasteiger partial charge in [-0.3, -0.25) is 0 Å². The van der Waals surface area contributed by atoms with Crippen LogP contribution in [0.5, 0.6) is 0 Å². The maximum atomic E-state index is 10.8. The summed E-state index contributed by atoms with van der Waals surface area (Å²) in [6.45, 7) is 1.67. The van der Waals surface area contributed by atoms with Crippen molar-refractivity contribution in [3.8, 4) is 6.07 Å². The number of aliphatic hydroxyl groups excluding tert-OH is 1. The van der Waals surface area contributed by atoms with E-state index in [-0.39, 0.29) is 17.7 Å². The van der Waals surface area contributed by atoms with Crippen molar-refractivity contribution in [2.45, 2.75) is 20.0 Å². The molecule has 0 atom stereocenters. The lowest BCUT2D eigenvalue weighted by atomic mass is 9.98. The van der Waals surface area contributed by atoms with Crippen molar-refractivity contribution in [3.05, 3.63) is 34.4 Å². The molecule has 15 heavy (non-hydrogen) atoms. The highest BCUT2D eigenvalue weighted by molar-refractivity contribution is 5.91. The summed E-state index contributed by atoms with van der Waals surface area (Å²) in [6, 6.07) is 4.72. The molecule has 0 aliphatic carbocycles. The molecule has 4 heteroatoms. The number of carboxylic acids is 1. The van der Waals surface area contributed by atoms with Gasteiger partial charge in [0.1, 0.15) is 6.07 Å². The van der Waals surface area contributed by atoms with E-state index in [2.05, 4.69) is 0 Å². The number of hydrogen-bond acceptors (Lipinski definition) is 3. The minimum absolute atomic E-state index is 0.0567. The first-order chi connectivity index (χ1) is 7.13. The summed E-state index contributed by atoms with van der Waals surface area (Å²) >= 11 is 0. The first-order valence-corrected chi connectivity index (χ1v) is 4.54. The van der Waals surface area contributed by atoms with Crippen molar-refractivity contribution in [1.29, 1.82) is 5.26 Å². The monoisotopic (exact) mass is 205 g/mol. The van der Waals surface area contributed by atoms with Crippen molar-refractivity contribution in [2.24, 2.45) is 0 Å². The van der Waals surface area contributed by atoms with Crippen LogP contribution in [0.3, 0.4) is 0 Å². The van der Waals surface area contributed by atoms with Crippen LogP contribution in [0.4, 0.5) is 0 Å². The van der Waals surface area contributed by atoms with Gasteiger partial charge in [-0.25, -0.2) is 4.79 Å². The zero-order valence-corrected chi connectivity index (χ0v) is 8.32.